The number of benzene rings is 3. The lowest BCUT2D eigenvalue weighted by atomic mass is 10.0. The molecule has 1 atom stereocenters. The predicted molar refractivity (Wildman–Crippen MR) is 143 cm³/mol. The summed E-state index contributed by atoms with van der Waals surface area (Å²) in [6.45, 7) is 0. The number of nitrogens with two attached hydrogens (primary N) is 1. The number of ether oxygens (including phenoxy) is 4. The standard InChI is InChI=1S/C28H27NO7S/c1-33-23-12-19(13-24(16-23)34-2)14-25(28(32)35-3)20-6-10-22(11-7-20)36-21-8-4-18(5-9-21)15-26(27(29)31)37-17-30/h4-14,16-17,26H,15H2,1-3H3,(H2,29,31)/b25-14+. The summed E-state index contributed by atoms with van der Waals surface area (Å²) in [5.74, 6) is 1.31. The van der Waals surface area contributed by atoms with Crippen LogP contribution in [0.4, 0.5) is 0 Å². The van der Waals surface area contributed by atoms with Gasteiger partial charge in [0, 0.05) is 6.07 Å². The summed E-state index contributed by atoms with van der Waals surface area (Å²) in [6.07, 6.45) is 2.04. The Labute approximate surface area is 219 Å². The fourth-order valence-corrected chi connectivity index (χ4v) is 4.04. The Hall–Kier alpha value is -4.24. The van der Waals surface area contributed by atoms with Crippen molar-refractivity contribution in [2.45, 2.75) is 11.7 Å². The molecule has 1 unspecified atom stereocenters. The summed E-state index contributed by atoms with van der Waals surface area (Å²) in [7, 11) is 4.44. The number of rotatable bonds is 12. The summed E-state index contributed by atoms with van der Waals surface area (Å²) >= 11 is 0.861. The molecule has 0 saturated heterocycles. The largest absolute Gasteiger partial charge is 0.497 e. The molecule has 0 radical (unpaired) electrons. The number of hydrogen-bond donors (Lipinski definition) is 1. The highest BCUT2D eigenvalue weighted by molar-refractivity contribution is 8.13. The van der Waals surface area contributed by atoms with E-state index >= 15 is 0 Å². The normalized spacial score (nSPS) is 11.8. The first-order valence-corrected chi connectivity index (χ1v) is 12.1. The molecule has 0 aliphatic heterocycles. The van der Waals surface area contributed by atoms with E-state index in [1.807, 2.05) is 12.1 Å². The van der Waals surface area contributed by atoms with Gasteiger partial charge in [0.1, 0.15) is 23.0 Å². The van der Waals surface area contributed by atoms with Crippen LogP contribution in [0.2, 0.25) is 0 Å². The summed E-state index contributed by atoms with van der Waals surface area (Å²) in [6, 6.07) is 19.5. The van der Waals surface area contributed by atoms with Crippen LogP contribution in [0.15, 0.2) is 66.7 Å². The van der Waals surface area contributed by atoms with E-state index in [2.05, 4.69) is 0 Å². The molecule has 0 aromatic heterocycles. The number of thioether (sulfide) groups is 1. The van der Waals surface area contributed by atoms with Crippen molar-refractivity contribution in [3.63, 3.8) is 0 Å². The Balaban J connectivity index is 1.78. The van der Waals surface area contributed by atoms with Gasteiger partial charge < -0.3 is 24.7 Å². The Bertz CT molecular complexity index is 1250. The van der Waals surface area contributed by atoms with Gasteiger partial charge in [-0.3, -0.25) is 9.59 Å². The highest BCUT2D eigenvalue weighted by atomic mass is 32.2. The molecular weight excluding hydrogens is 494 g/mol. The quantitative estimate of drug-likeness (QED) is 0.160. The third kappa shape index (κ3) is 7.62. The van der Waals surface area contributed by atoms with E-state index in [0.29, 0.717) is 51.7 Å². The molecule has 1 amide bonds. The van der Waals surface area contributed by atoms with Gasteiger partial charge in [0.25, 0.3) is 0 Å². The van der Waals surface area contributed by atoms with Crippen molar-refractivity contribution in [3.05, 3.63) is 83.4 Å². The van der Waals surface area contributed by atoms with Gasteiger partial charge >= 0.3 is 5.97 Å². The fourth-order valence-electron chi connectivity index (χ4n) is 3.48. The first-order valence-electron chi connectivity index (χ1n) is 11.2. The second kappa shape index (κ2) is 13.2. The summed E-state index contributed by atoms with van der Waals surface area (Å²) in [5.41, 5.74) is 8.51. The lowest BCUT2D eigenvalue weighted by Crippen LogP contribution is -2.27. The van der Waals surface area contributed by atoms with Crippen LogP contribution in [0.25, 0.3) is 11.6 Å². The molecule has 3 aromatic rings. The van der Waals surface area contributed by atoms with Gasteiger partial charge in [-0.05, 0) is 65.6 Å². The van der Waals surface area contributed by atoms with Crippen molar-refractivity contribution < 1.29 is 33.3 Å². The van der Waals surface area contributed by atoms with Crippen molar-refractivity contribution in [3.8, 4) is 23.0 Å². The van der Waals surface area contributed by atoms with Crippen LogP contribution in [0.3, 0.4) is 0 Å². The Kier molecular flexibility index (Phi) is 9.74. The molecular formula is C28H27NO7S. The van der Waals surface area contributed by atoms with Gasteiger partial charge in [-0.15, -0.1) is 0 Å². The Morgan fingerprint density at radius 1 is 0.865 bits per heavy atom. The van der Waals surface area contributed by atoms with Crippen molar-refractivity contribution in [1.29, 1.82) is 0 Å². The molecule has 8 nitrogen and oxygen atoms in total. The van der Waals surface area contributed by atoms with E-state index in [-0.39, 0.29) is 0 Å². The number of carbonyl (C=O) groups is 3. The monoisotopic (exact) mass is 521 g/mol. The highest BCUT2D eigenvalue weighted by Gasteiger charge is 2.17. The first-order chi connectivity index (χ1) is 17.9. The molecule has 3 rings (SSSR count). The average Bonchev–Trinajstić information content (AvgIpc) is 2.92. The lowest BCUT2D eigenvalue weighted by Gasteiger charge is -2.11. The molecule has 0 saturated carbocycles. The number of esters is 1. The molecule has 0 aliphatic rings. The third-order valence-corrected chi connectivity index (χ3v) is 6.21. The summed E-state index contributed by atoms with van der Waals surface area (Å²) < 4.78 is 21.5. The second-order valence-corrected chi connectivity index (χ2v) is 8.83. The maximum absolute atomic E-state index is 12.6. The van der Waals surface area contributed by atoms with Crippen molar-refractivity contribution in [1.82, 2.24) is 0 Å². The minimum atomic E-state index is -0.619. The first kappa shape index (κ1) is 27.3. The zero-order valence-electron chi connectivity index (χ0n) is 20.6. The van der Waals surface area contributed by atoms with Crippen molar-refractivity contribution >= 4 is 40.9 Å². The number of amides is 1. The Morgan fingerprint density at radius 3 is 1.92 bits per heavy atom. The molecule has 37 heavy (non-hydrogen) atoms. The molecule has 3 aromatic carbocycles. The van der Waals surface area contributed by atoms with Gasteiger partial charge in [-0.1, -0.05) is 36.0 Å². The molecule has 0 fully saturated rings. The van der Waals surface area contributed by atoms with Crippen LogP contribution in [0.5, 0.6) is 23.0 Å². The number of primary amides is 1. The molecule has 0 heterocycles. The zero-order chi connectivity index (χ0) is 26.8. The molecule has 0 bridgehead atoms. The van der Waals surface area contributed by atoms with E-state index in [1.165, 1.54) is 7.11 Å². The van der Waals surface area contributed by atoms with Gasteiger partial charge in [0.2, 0.25) is 5.91 Å². The number of hydrogen-bond acceptors (Lipinski definition) is 8. The second-order valence-electron chi connectivity index (χ2n) is 7.79. The minimum absolute atomic E-state index is 0.343. The molecule has 9 heteroatoms. The maximum Gasteiger partial charge on any atom is 0.338 e. The van der Waals surface area contributed by atoms with E-state index in [4.69, 9.17) is 24.7 Å². The highest BCUT2D eigenvalue weighted by Crippen LogP contribution is 2.29. The smallest absolute Gasteiger partial charge is 0.338 e. The molecule has 2 N–H and O–H groups in total. The van der Waals surface area contributed by atoms with E-state index in [0.717, 1.165) is 17.3 Å². The average molecular weight is 522 g/mol. The van der Waals surface area contributed by atoms with Crippen LogP contribution in [-0.2, 0) is 25.5 Å². The zero-order valence-corrected chi connectivity index (χ0v) is 21.4. The van der Waals surface area contributed by atoms with E-state index < -0.39 is 17.1 Å². The van der Waals surface area contributed by atoms with Gasteiger partial charge in [0.15, 0.2) is 5.62 Å². The van der Waals surface area contributed by atoms with Crippen molar-refractivity contribution in [2.24, 2.45) is 5.73 Å². The summed E-state index contributed by atoms with van der Waals surface area (Å²) in [5, 5.41) is -0.619. The van der Waals surface area contributed by atoms with Crippen LogP contribution in [-0.4, -0.2) is 44.1 Å². The van der Waals surface area contributed by atoms with E-state index in [9.17, 15) is 14.4 Å². The Morgan fingerprint density at radius 2 is 1.43 bits per heavy atom. The predicted octanol–water partition coefficient (Wildman–Crippen LogP) is 4.53. The minimum Gasteiger partial charge on any atom is -0.497 e. The topological polar surface area (TPSA) is 114 Å². The lowest BCUT2D eigenvalue weighted by molar-refractivity contribution is -0.133. The summed E-state index contributed by atoms with van der Waals surface area (Å²) in [4.78, 5) is 34.8. The fraction of sp³-hybridized carbons (Fsp3) is 0.179. The third-order valence-electron chi connectivity index (χ3n) is 5.37. The molecule has 0 spiro atoms. The van der Waals surface area contributed by atoms with Crippen LogP contribution in [0, 0.1) is 0 Å². The SMILES string of the molecule is COC(=O)/C(=C/c1cc(OC)cc(OC)c1)c1ccc(Oc2ccc(CC(SC=O)C(N)=O)cc2)cc1. The maximum atomic E-state index is 12.6. The van der Waals surface area contributed by atoms with E-state index in [1.54, 1.807) is 74.9 Å². The van der Waals surface area contributed by atoms with Crippen LogP contribution >= 0.6 is 11.8 Å². The molecule has 0 aliphatic carbocycles. The number of carbonyl (C=O) groups excluding carboxylic acids is 3. The number of methoxy groups -OCH3 is 3. The van der Waals surface area contributed by atoms with Gasteiger partial charge in [-0.2, -0.15) is 0 Å². The van der Waals surface area contributed by atoms with Crippen LogP contribution < -0.4 is 19.9 Å². The van der Waals surface area contributed by atoms with Crippen molar-refractivity contribution in [2.75, 3.05) is 21.3 Å². The molecule has 192 valence electrons. The van der Waals surface area contributed by atoms with Gasteiger partial charge in [0.05, 0.1) is 32.2 Å². The van der Waals surface area contributed by atoms with Gasteiger partial charge in [-0.25, -0.2) is 4.79 Å². The van der Waals surface area contributed by atoms with Crippen LogP contribution in [0.1, 0.15) is 16.7 Å².